The Morgan fingerprint density at radius 2 is 1.85 bits per heavy atom. The molecule has 0 aliphatic heterocycles. The molecule has 0 saturated carbocycles. The van der Waals surface area contributed by atoms with Gasteiger partial charge in [-0.3, -0.25) is 10.1 Å². The standard InChI is InChI=1S/C17H17ClN2O6S/c1-3-19(4-2)27(24,25)14-8-9-16(18)15(11-14)17(21)26-13-7-5-6-12(10-13)20(22)23/h5-11H,3-4H2,1-2H3. The zero-order valence-corrected chi connectivity index (χ0v) is 16.2. The first-order chi connectivity index (χ1) is 12.7. The molecule has 0 atom stereocenters. The van der Waals surface area contributed by atoms with Crippen LogP contribution >= 0.6 is 11.6 Å². The van der Waals surface area contributed by atoms with Gasteiger partial charge in [0.15, 0.2) is 0 Å². The lowest BCUT2D eigenvalue weighted by molar-refractivity contribution is -0.384. The Morgan fingerprint density at radius 3 is 2.44 bits per heavy atom. The van der Waals surface area contributed by atoms with Crippen molar-refractivity contribution in [2.45, 2.75) is 18.7 Å². The molecule has 0 aliphatic carbocycles. The summed E-state index contributed by atoms with van der Waals surface area (Å²) in [6.07, 6.45) is 0. The Labute approximate surface area is 161 Å². The van der Waals surface area contributed by atoms with Crippen LogP contribution in [0.25, 0.3) is 0 Å². The molecule has 27 heavy (non-hydrogen) atoms. The van der Waals surface area contributed by atoms with E-state index in [0.29, 0.717) is 0 Å². The summed E-state index contributed by atoms with van der Waals surface area (Å²) in [6.45, 7) is 3.95. The minimum atomic E-state index is -3.79. The second-order valence-electron chi connectivity index (χ2n) is 5.37. The highest BCUT2D eigenvalue weighted by molar-refractivity contribution is 7.89. The van der Waals surface area contributed by atoms with Crippen molar-refractivity contribution in [2.24, 2.45) is 0 Å². The van der Waals surface area contributed by atoms with Gasteiger partial charge in [-0.15, -0.1) is 0 Å². The molecular formula is C17H17ClN2O6S. The van der Waals surface area contributed by atoms with Crippen molar-refractivity contribution in [3.05, 3.63) is 63.2 Å². The second-order valence-corrected chi connectivity index (χ2v) is 7.72. The minimum Gasteiger partial charge on any atom is -0.423 e. The quantitative estimate of drug-likeness (QED) is 0.298. The van der Waals surface area contributed by atoms with Gasteiger partial charge in [0, 0.05) is 19.2 Å². The molecule has 0 spiro atoms. The first kappa shape index (κ1) is 20.8. The van der Waals surface area contributed by atoms with E-state index in [1.54, 1.807) is 13.8 Å². The number of rotatable bonds is 7. The first-order valence-corrected chi connectivity index (χ1v) is 9.78. The van der Waals surface area contributed by atoms with Gasteiger partial charge in [-0.05, 0) is 24.3 Å². The second kappa shape index (κ2) is 8.47. The van der Waals surface area contributed by atoms with E-state index in [0.717, 1.165) is 12.1 Å². The summed E-state index contributed by atoms with van der Waals surface area (Å²) in [5, 5.41) is 10.8. The number of carbonyl (C=O) groups is 1. The molecular weight excluding hydrogens is 396 g/mol. The van der Waals surface area contributed by atoms with Crippen LogP contribution in [0.1, 0.15) is 24.2 Å². The summed E-state index contributed by atoms with van der Waals surface area (Å²) in [7, 11) is -3.79. The molecule has 2 aromatic rings. The topological polar surface area (TPSA) is 107 Å². The lowest BCUT2D eigenvalue weighted by atomic mass is 10.2. The summed E-state index contributed by atoms with van der Waals surface area (Å²) in [5.74, 6) is -0.973. The van der Waals surface area contributed by atoms with Crippen LogP contribution < -0.4 is 4.74 Å². The number of benzene rings is 2. The lowest BCUT2D eigenvalue weighted by Gasteiger charge is -2.19. The van der Waals surface area contributed by atoms with E-state index < -0.39 is 20.9 Å². The van der Waals surface area contributed by atoms with Gasteiger partial charge < -0.3 is 4.74 Å². The molecule has 0 bridgehead atoms. The molecule has 0 fully saturated rings. The van der Waals surface area contributed by atoms with Crippen LogP contribution in [0.2, 0.25) is 5.02 Å². The van der Waals surface area contributed by atoms with Crippen LogP contribution in [0, 0.1) is 10.1 Å². The maximum atomic E-state index is 12.6. The van der Waals surface area contributed by atoms with Gasteiger partial charge in [0.25, 0.3) is 5.69 Å². The Hall–Kier alpha value is -2.49. The highest BCUT2D eigenvalue weighted by Gasteiger charge is 2.24. The average Bonchev–Trinajstić information content (AvgIpc) is 2.62. The van der Waals surface area contributed by atoms with Crippen LogP contribution in [0.15, 0.2) is 47.4 Å². The Balaban J connectivity index is 2.37. The fourth-order valence-corrected chi connectivity index (χ4v) is 4.04. The first-order valence-electron chi connectivity index (χ1n) is 7.97. The molecule has 144 valence electrons. The van der Waals surface area contributed by atoms with Crippen LogP contribution in [-0.2, 0) is 10.0 Å². The zero-order valence-electron chi connectivity index (χ0n) is 14.6. The number of hydrogen-bond acceptors (Lipinski definition) is 6. The molecule has 2 rings (SSSR count). The summed E-state index contributed by atoms with van der Waals surface area (Å²) >= 11 is 6.02. The number of ether oxygens (including phenoxy) is 1. The summed E-state index contributed by atoms with van der Waals surface area (Å²) < 4.78 is 31.6. The summed E-state index contributed by atoms with van der Waals surface area (Å²) in [5.41, 5.74) is -0.402. The number of sulfonamides is 1. The van der Waals surface area contributed by atoms with E-state index in [-0.39, 0.29) is 40.0 Å². The van der Waals surface area contributed by atoms with E-state index in [2.05, 4.69) is 0 Å². The monoisotopic (exact) mass is 412 g/mol. The Kier molecular flexibility index (Phi) is 6.53. The number of carbonyl (C=O) groups excluding carboxylic acids is 1. The van der Waals surface area contributed by atoms with Crippen LogP contribution in [0.4, 0.5) is 5.69 Å². The molecule has 0 amide bonds. The van der Waals surface area contributed by atoms with Gasteiger partial charge in [-0.2, -0.15) is 4.31 Å². The van der Waals surface area contributed by atoms with Crippen molar-refractivity contribution in [1.29, 1.82) is 0 Å². The predicted molar refractivity (Wildman–Crippen MR) is 99.6 cm³/mol. The number of hydrogen-bond donors (Lipinski definition) is 0. The van der Waals surface area contributed by atoms with E-state index >= 15 is 0 Å². The van der Waals surface area contributed by atoms with Crippen LogP contribution in [0.3, 0.4) is 0 Å². The fraction of sp³-hybridized carbons (Fsp3) is 0.235. The fourth-order valence-electron chi connectivity index (χ4n) is 2.36. The maximum absolute atomic E-state index is 12.6. The highest BCUT2D eigenvalue weighted by atomic mass is 35.5. The zero-order chi connectivity index (χ0) is 20.2. The third kappa shape index (κ3) is 4.62. The van der Waals surface area contributed by atoms with Gasteiger partial charge >= 0.3 is 5.97 Å². The maximum Gasteiger partial charge on any atom is 0.345 e. The number of esters is 1. The van der Waals surface area contributed by atoms with Crippen LogP contribution in [0.5, 0.6) is 5.75 Å². The average molecular weight is 413 g/mol. The molecule has 8 nitrogen and oxygen atoms in total. The van der Waals surface area contributed by atoms with E-state index in [4.69, 9.17) is 16.3 Å². The molecule has 2 aromatic carbocycles. The smallest absolute Gasteiger partial charge is 0.345 e. The van der Waals surface area contributed by atoms with Gasteiger partial charge in [-0.25, -0.2) is 13.2 Å². The molecule has 0 heterocycles. The van der Waals surface area contributed by atoms with Crippen molar-refractivity contribution in [3.63, 3.8) is 0 Å². The minimum absolute atomic E-state index is 0.00364. The van der Waals surface area contributed by atoms with Gasteiger partial charge in [0.1, 0.15) is 5.75 Å². The van der Waals surface area contributed by atoms with Crippen molar-refractivity contribution in [2.75, 3.05) is 13.1 Å². The molecule has 0 N–H and O–H groups in total. The number of non-ortho nitro benzene ring substituents is 1. The number of halogens is 1. The molecule has 0 aliphatic rings. The van der Waals surface area contributed by atoms with Gasteiger partial charge in [-0.1, -0.05) is 31.5 Å². The third-order valence-electron chi connectivity index (χ3n) is 3.74. The van der Waals surface area contributed by atoms with E-state index in [9.17, 15) is 23.3 Å². The summed E-state index contributed by atoms with van der Waals surface area (Å²) in [6, 6.07) is 8.81. The predicted octanol–water partition coefficient (Wildman–Crippen LogP) is 3.50. The van der Waals surface area contributed by atoms with Gasteiger partial charge in [0.05, 0.1) is 26.5 Å². The van der Waals surface area contributed by atoms with E-state index in [1.165, 1.54) is 34.6 Å². The lowest BCUT2D eigenvalue weighted by Crippen LogP contribution is -2.30. The Morgan fingerprint density at radius 1 is 1.19 bits per heavy atom. The molecule has 0 saturated heterocycles. The van der Waals surface area contributed by atoms with Gasteiger partial charge in [0.2, 0.25) is 10.0 Å². The van der Waals surface area contributed by atoms with Crippen molar-refractivity contribution < 1.29 is 22.9 Å². The molecule has 10 heteroatoms. The van der Waals surface area contributed by atoms with E-state index in [1.807, 2.05) is 0 Å². The SMILES string of the molecule is CCN(CC)S(=O)(=O)c1ccc(Cl)c(C(=O)Oc2cccc([N+](=O)[O-])c2)c1. The largest absolute Gasteiger partial charge is 0.423 e. The number of nitrogens with zero attached hydrogens (tertiary/aromatic N) is 2. The summed E-state index contributed by atoms with van der Waals surface area (Å²) in [4.78, 5) is 22.5. The highest BCUT2D eigenvalue weighted by Crippen LogP contribution is 2.25. The number of nitro groups is 1. The van der Waals surface area contributed by atoms with Crippen molar-refractivity contribution in [3.8, 4) is 5.75 Å². The van der Waals surface area contributed by atoms with Crippen molar-refractivity contribution in [1.82, 2.24) is 4.31 Å². The Bertz CT molecular complexity index is 973. The normalized spacial score (nSPS) is 11.4. The third-order valence-corrected chi connectivity index (χ3v) is 6.12. The van der Waals surface area contributed by atoms with Crippen molar-refractivity contribution >= 4 is 33.3 Å². The van der Waals surface area contributed by atoms with Crippen LogP contribution in [-0.4, -0.2) is 36.7 Å². The molecule has 0 aromatic heterocycles. The molecule has 0 unspecified atom stereocenters. The number of nitro benzene ring substituents is 1. The molecule has 0 radical (unpaired) electrons.